The topological polar surface area (TPSA) is 25.8 Å². The number of nitrogens with zero attached hydrogens (tertiary/aromatic N) is 2. The molecule has 0 N–H and O–H groups in total. The SMILES string of the molecule is Cc1cccc(-c2cc(-c3ccccc3)cc(-c3cc(-c4ccccc4)cc(-c4cccc(C)c4)n3)n2)c1. The van der Waals surface area contributed by atoms with Gasteiger partial charge in [-0.1, -0.05) is 108 Å². The molecule has 0 bridgehead atoms. The molecule has 0 aliphatic heterocycles. The lowest BCUT2D eigenvalue weighted by Gasteiger charge is -2.13. The lowest BCUT2D eigenvalue weighted by molar-refractivity contribution is 1.25. The average molecular weight is 489 g/mol. The van der Waals surface area contributed by atoms with Crippen molar-refractivity contribution in [2.75, 3.05) is 0 Å². The van der Waals surface area contributed by atoms with Gasteiger partial charge in [-0.15, -0.1) is 0 Å². The Morgan fingerprint density at radius 2 is 0.684 bits per heavy atom. The van der Waals surface area contributed by atoms with Crippen molar-refractivity contribution < 1.29 is 0 Å². The second kappa shape index (κ2) is 10.3. The largest absolute Gasteiger partial charge is 0.246 e. The monoisotopic (exact) mass is 488 g/mol. The van der Waals surface area contributed by atoms with E-state index in [9.17, 15) is 0 Å². The summed E-state index contributed by atoms with van der Waals surface area (Å²) in [4.78, 5) is 10.3. The van der Waals surface area contributed by atoms with Crippen LogP contribution in [0.15, 0.2) is 133 Å². The maximum atomic E-state index is 5.17. The summed E-state index contributed by atoms with van der Waals surface area (Å²) in [7, 11) is 0. The van der Waals surface area contributed by atoms with Crippen molar-refractivity contribution in [3.63, 3.8) is 0 Å². The normalized spacial score (nSPS) is 10.9. The highest BCUT2D eigenvalue weighted by Crippen LogP contribution is 2.34. The molecule has 2 heteroatoms. The fraction of sp³-hybridized carbons (Fsp3) is 0.0556. The Bertz CT molecular complexity index is 1590. The molecule has 0 aliphatic rings. The Balaban J connectivity index is 1.59. The van der Waals surface area contributed by atoms with Gasteiger partial charge in [-0.25, -0.2) is 9.97 Å². The molecule has 0 amide bonds. The Morgan fingerprint density at radius 1 is 0.316 bits per heavy atom. The lowest BCUT2D eigenvalue weighted by Crippen LogP contribution is -1.96. The Labute approximate surface area is 224 Å². The molecule has 0 radical (unpaired) electrons. The molecule has 6 rings (SSSR count). The van der Waals surface area contributed by atoms with Gasteiger partial charge in [-0.3, -0.25) is 0 Å². The summed E-state index contributed by atoms with van der Waals surface area (Å²) in [5.41, 5.74) is 12.8. The quantitative estimate of drug-likeness (QED) is 0.241. The van der Waals surface area contributed by atoms with E-state index in [1.807, 2.05) is 12.1 Å². The number of pyridine rings is 2. The summed E-state index contributed by atoms with van der Waals surface area (Å²) in [6.45, 7) is 4.23. The highest BCUT2D eigenvalue weighted by molar-refractivity contribution is 5.80. The van der Waals surface area contributed by atoms with Crippen LogP contribution < -0.4 is 0 Å². The van der Waals surface area contributed by atoms with E-state index in [4.69, 9.17) is 9.97 Å². The third kappa shape index (κ3) is 5.02. The van der Waals surface area contributed by atoms with Crippen molar-refractivity contribution in [3.8, 4) is 56.2 Å². The third-order valence-corrected chi connectivity index (χ3v) is 6.76. The van der Waals surface area contributed by atoms with Gasteiger partial charge in [-0.2, -0.15) is 0 Å². The number of hydrogen-bond donors (Lipinski definition) is 0. The van der Waals surface area contributed by atoms with Gasteiger partial charge in [0.15, 0.2) is 0 Å². The summed E-state index contributed by atoms with van der Waals surface area (Å²) in [6, 6.07) is 46.7. The predicted molar refractivity (Wildman–Crippen MR) is 159 cm³/mol. The van der Waals surface area contributed by atoms with E-state index in [2.05, 4.69) is 135 Å². The fourth-order valence-corrected chi connectivity index (χ4v) is 4.82. The number of benzene rings is 4. The average Bonchev–Trinajstić information content (AvgIpc) is 2.97. The fourth-order valence-electron chi connectivity index (χ4n) is 4.82. The minimum Gasteiger partial charge on any atom is -0.246 e. The van der Waals surface area contributed by atoms with Gasteiger partial charge in [0.05, 0.1) is 22.8 Å². The molecule has 0 saturated carbocycles. The van der Waals surface area contributed by atoms with Crippen LogP contribution >= 0.6 is 0 Å². The Kier molecular flexibility index (Phi) is 6.37. The molecule has 2 nitrogen and oxygen atoms in total. The third-order valence-electron chi connectivity index (χ3n) is 6.76. The van der Waals surface area contributed by atoms with Crippen molar-refractivity contribution in [3.05, 3.63) is 145 Å². The van der Waals surface area contributed by atoms with Gasteiger partial charge >= 0.3 is 0 Å². The highest BCUT2D eigenvalue weighted by Gasteiger charge is 2.14. The molecule has 2 heterocycles. The Morgan fingerprint density at radius 3 is 1.08 bits per heavy atom. The molecule has 2 aromatic heterocycles. The molecule has 6 aromatic rings. The van der Waals surface area contributed by atoms with E-state index in [1.54, 1.807) is 0 Å². The first-order valence-corrected chi connectivity index (χ1v) is 12.9. The van der Waals surface area contributed by atoms with Crippen LogP contribution in [0.25, 0.3) is 56.2 Å². The number of hydrogen-bond acceptors (Lipinski definition) is 2. The van der Waals surface area contributed by atoms with Crippen LogP contribution in [0.2, 0.25) is 0 Å². The van der Waals surface area contributed by atoms with Crippen LogP contribution in [0.1, 0.15) is 11.1 Å². The molecule has 0 spiro atoms. The molecular formula is C36H28N2. The van der Waals surface area contributed by atoms with E-state index >= 15 is 0 Å². The summed E-state index contributed by atoms with van der Waals surface area (Å²) in [5.74, 6) is 0. The molecule has 38 heavy (non-hydrogen) atoms. The van der Waals surface area contributed by atoms with Gasteiger partial charge in [-0.05, 0) is 72.5 Å². The van der Waals surface area contributed by atoms with Gasteiger partial charge in [0.1, 0.15) is 0 Å². The smallest absolute Gasteiger partial charge is 0.0900 e. The van der Waals surface area contributed by atoms with Crippen LogP contribution in [-0.4, -0.2) is 9.97 Å². The zero-order chi connectivity index (χ0) is 25.9. The molecule has 4 aromatic carbocycles. The van der Waals surface area contributed by atoms with Crippen molar-refractivity contribution in [1.82, 2.24) is 9.97 Å². The maximum Gasteiger partial charge on any atom is 0.0900 e. The van der Waals surface area contributed by atoms with E-state index in [-0.39, 0.29) is 0 Å². The van der Waals surface area contributed by atoms with E-state index in [0.29, 0.717) is 0 Å². The molecule has 0 saturated heterocycles. The van der Waals surface area contributed by atoms with Crippen molar-refractivity contribution in [1.29, 1.82) is 0 Å². The van der Waals surface area contributed by atoms with Crippen molar-refractivity contribution in [2.24, 2.45) is 0 Å². The van der Waals surface area contributed by atoms with Gasteiger partial charge in [0.25, 0.3) is 0 Å². The van der Waals surface area contributed by atoms with Crippen LogP contribution in [0.4, 0.5) is 0 Å². The first kappa shape index (κ1) is 23.6. The first-order valence-electron chi connectivity index (χ1n) is 12.9. The van der Waals surface area contributed by atoms with E-state index in [1.165, 1.54) is 11.1 Å². The van der Waals surface area contributed by atoms with Gasteiger partial charge in [0, 0.05) is 11.1 Å². The van der Waals surface area contributed by atoms with Crippen molar-refractivity contribution in [2.45, 2.75) is 13.8 Å². The molecule has 0 fully saturated rings. The minimum absolute atomic E-state index is 0.856. The molecular weight excluding hydrogens is 460 g/mol. The predicted octanol–water partition coefficient (Wildman–Crippen LogP) is 9.43. The summed E-state index contributed by atoms with van der Waals surface area (Å²) < 4.78 is 0. The molecule has 182 valence electrons. The van der Waals surface area contributed by atoms with E-state index in [0.717, 1.165) is 56.2 Å². The van der Waals surface area contributed by atoms with Crippen LogP contribution in [0.5, 0.6) is 0 Å². The molecule has 0 unspecified atom stereocenters. The molecule has 0 aliphatic carbocycles. The minimum atomic E-state index is 0.856. The number of aromatic nitrogens is 2. The summed E-state index contributed by atoms with van der Waals surface area (Å²) >= 11 is 0. The summed E-state index contributed by atoms with van der Waals surface area (Å²) in [5, 5.41) is 0. The van der Waals surface area contributed by atoms with Crippen LogP contribution in [0.3, 0.4) is 0 Å². The zero-order valence-electron chi connectivity index (χ0n) is 21.6. The van der Waals surface area contributed by atoms with Crippen LogP contribution in [0, 0.1) is 13.8 Å². The maximum absolute atomic E-state index is 5.17. The molecule has 0 atom stereocenters. The van der Waals surface area contributed by atoms with Crippen molar-refractivity contribution >= 4 is 0 Å². The van der Waals surface area contributed by atoms with E-state index < -0.39 is 0 Å². The second-order valence-corrected chi connectivity index (χ2v) is 9.72. The summed E-state index contributed by atoms with van der Waals surface area (Å²) in [6.07, 6.45) is 0. The second-order valence-electron chi connectivity index (χ2n) is 9.72. The highest BCUT2D eigenvalue weighted by atomic mass is 14.8. The van der Waals surface area contributed by atoms with Gasteiger partial charge < -0.3 is 0 Å². The zero-order valence-corrected chi connectivity index (χ0v) is 21.6. The van der Waals surface area contributed by atoms with Crippen LogP contribution in [-0.2, 0) is 0 Å². The number of aryl methyl sites for hydroxylation is 2. The Hall–Kier alpha value is -4.82. The lowest BCUT2D eigenvalue weighted by atomic mass is 9.98. The van der Waals surface area contributed by atoms with Gasteiger partial charge in [0.2, 0.25) is 0 Å². The first-order chi connectivity index (χ1) is 18.6. The standard InChI is InChI=1S/C36H28N2/c1-25-11-9-17-29(19-25)33-21-31(27-13-5-3-6-14-27)23-35(37-33)36-24-32(28-15-7-4-8-16-28)22-34(38-36)30-18-10-12-26(2)20-30/h3-24H,1-2H3. The number of rotatable bonds is 5.